The highest BCUT2D eigenvalue weighted by Gasteiger charge is 2.34. The van der Waals surface area contributed by atoms with Crippen molar-refractivity contribution in [3.05, 3.63) is 41.1 Å². The molecule has 0 saturated heterocycles. The van der Waals surface area contributed by atoms with Crippen LogP contribution in [0, 0.1) is 0 Å². The molecule has 0 saturated carbocycles. The van der Waals surface area contributed by atoms with Crippen molar-refractivity contribution in [2.45, 2.75) is 33.1 Å². The summed E-state index contributed by atoms with van der Waals surface area (Å²) in [6.45, 7) is 8.87. The second-order valence-corrected chi connectivity index (χ2v) is 4.67. The maximum Gasteiger partial charge on any atom is 0.0424 e. The van der Waals surface area contributed by atoms with Gasteiger partial charge >= 0.3 is 0 Å². The highest BCUT2D eigenvalue weighted by molar-refractivity contribution is 5.68. The fraction of sp³-hybridized carbons (Fsp3) is 0.385. The first kappa shape index (κ1) is 9.32. The quantitative estimate of drug-likeness (QED) is 0.653. The number of rotatable bonds is 0. The van der Waals surface area contributed by atoms with Gasteiger partial charge in [0.2, 0.25) is 0 Å². The van der Waals surface area contributed by atoms with Crippen molar-refractivity contribution in [3.63, 3.8) is 0 Å². The average Bonchev–Trinajstić information content (AvgIpc) is 2.39. The summed E-state index contributed by atoms with van der Waals surface area (Å²) < 4.78 is 0. The Hall–Kier alpha value is -1.24. The molecule has 1 heterocycles. The molecule has 2 rings (SSSR count). The second kappa shape index (κ2) is 2.88. The molecule has 1 aromatic rings. The molecule has 0 atom stereocenters. The predicted molar refractivity (Wildman–Crippen MR) is 61.5 cm³/mol. The summed E-state index contributed by atoms with van der Waals surface area (Å²) in [6.07, 6.45) is 0. The van der Waals surface area contributed by atoms with E-state index in [9.17, 15) is 0 Å². The SMILES string of the molecule is CC(C)=C1Nc2ccccc2C1(C)C. The third-order valence-electron chi connectivity index (χ3n) is 2.99. The Morgan fingerprint density at radius 3 is 2.36 bits per heavy atom. The number of anilines is 1. The molecule has 0 unspecified atom stereocenters. The molecule has 0 aromatic heterocycles. The van der Waals surface area contributed by atoms with E-state index in [1.807, 2.05) is 0 Å². The van der Waals surface area contributed by atoms with E-state index in [0.717, 1.165) is 0 Å². The van der Waals surface area contributed by atoms with Crippen molar-refractivity contribution in [2.75, 3.05) is 5.32 Å². The van der Waals surface area contributed by atoms with E-state index in [1.54, 1.807) is 0 Å². The number of para-hydroxylation sites is 1. The monoisotopic (exact) mass is 187 g/mol. The van der Waals surface area contributed by atoms with Crippen LogP contribution >= 0.6 is 0 Å². The molecule has 1 aliphatic heterocycles. The van der Waals surface area contributed by atoms with Crippen LogP contribution in [0.4, 0.5) is 5.69 Å². The summed E-state index contributed by atoms with van der Waals surface area (Å²) >= 11 is 0. The number of hydrogen-bond donors (Lipinski definition) is 1. The van der Waals surface area contributed by atoms with Crippen LogP contribution in [0.15, 0.2) is 35.5 Å². The van der Waals surface area contributed by atoms with E-state index in [0.29, 0.717) is 0 Å². The van der Waals surface area contributed by atoms with Gasteiger partial charge in [-0.2, -0.15) is 0 Å². The second-order valence-electron chi connectivity index (χ2n) is 4.67. The number of nitrogens with one attached hydrogen (secondary N) is 1. The molecule has 14 heavy (non-hydrogen) atoms. The predicted octanol–water partition coefficient (Wildman–Crippen LogP) is 3.68. The highest BCUT2D eigenvalue weighted by atomic mass is 15.0. The molecule has 0 amide bonds. The lowest BCUT2D eigenvalue weighted by molar-refractivity contribution is 0.646. The maximum atomic E-state index is 3.50. The molecular formula is C13H17N. The lowest BCUT2D eigenvalue weighted by atomic mass is 9.82. The molecule has 0 bridgehead atoms. The van der Waals surface area contributed by atoms with Gasteiger partial charge in [0.05, 0.1) is 0 Å². The molecule has 1 nitrogen and oxygen atoms in total. The summed E-state index contributed by atoms with van der Waals surface area (Å²) in [5, 5.41) is 3.50. The number of fused-ring (bicyclic) bond motifs is 1. The summed E-state index contributed by atoms with van der Waals surface area (Å²) in [7, 11) is 0. The minimum atomic E-state index is 0.134. The van der Waals surface area contributed by atoms with E-state index >= 15 is 0 Å². The molecule has 74 valence electrons. The van der Waals surface area contributed by atoms with Gasteiger partial charge in [-0.1, -0.05) is 37.6 Å². The zero-order valence-corrected chi connectivity index (χ0v) is 9.31. The van der Waals surface area contributed by atoms with E-state index in [-0.39, 0.29) is 5.41 Å². The Kier molecular flexibility index (Phi) is 1.91. The van der Waals surface area contributed by atoms with E-state index in [1.165, 1.54) is 22.5 Å². The zero-order chi connectivity index (χ0) is 10.3. The normalized spacial score (nSPS) is 17.6. The average molecular weight is 187 g/mol. The van der Waals surface area contributed by atoms with Crippen LogP contribution in [-0.4, -0.2) is 0 Å². The molecule has 1 aliphatic rings. The van der Waals surface area contributed by atoms with Crippen LogP contribution in [0.25, 0.3) is 0 Å². The lowest BCUT2D eigenvalue weighted by Gasteiger charge is -2.21. The first-order chi connectivity index (χ1) is 6.53. The first-order valence-electron chi connectivity index (χ1n) is 5.08. The molecule has 0 spiro atoms. The molecule has 0 fully saturated rings. The van der Waals surface area contributed by atoms with Gasteiger partial charge in [-0.15, -0.1) is 0 Å². The summed E-state index contributed by atoms with van der Waals surface area (Å²) in [4.78, 5) is 0. The fourth-order valence-electron chi connectivity index (χ4n) is 2.31. The first-order valence-corrected chi connectivity index (χ1v) is 5.08. The Morgan fingerprint density at radius 1 is 1.14 bits per heavy atom. The minimum absolute atomic E-state index is 0.134. The molecule has 1 N–H and O–H groups in total. The largest absolute Gasteiger partial charge is 0.358 e. The summed E-state index contributed by atoms with van der Waals surface area (Å²) in [5.41, 5.74) is 5.50. The van der Waals surface area contributed by atoms with Gasteiger partial charge in [0.1, 0.15) is 0 Å². The third-order valence-corrected chi connectivity index (χ3v) is 2.99. The smallest absolute Gasteiger partial charge is 0.0424 e. The van der Waals surface area contributed by atoms with Crippen LogP contribution in [0.1, 0.15) is 33.3 Å². The molecule has 1 aromatic carbocycles. The summed E-state index contributed by atoms with van der Waals surface area (Å²) in [5.74, 6) is 0. The van der Waals surface area contributed by atoms with Gasteiger partial charge in [0, 0.05) is 16.8 Å². The van der Waals surface area contributed by atoms with Crippen LogP contribution in [0.3, 0.4) is 0 Å². The van der Waals surface area contributed by atoms with Gasteiger partial charge in [-0.05, 0) is 25.5 Å². The molecule has 1 heteroatoms. The van der Waals surface area contributed by atoms with Gasteiger partial charge in [0.25, 0.3) is 0 Å². The summed E-state index contributed by atoms with van der Waals surface area (Å²) in [6, 6.07) is 8.54. The van der Waals surface area contributed by atoms with Gasteiger partial charge in [-0.3, -0.25) is 0 Å². The van der Waals surface area contributed by atoms with Crippen molar-refractivity contribution in [2.24, 2.45) is 0 Å². The van der Waals surface area contributed by atoms with Crippen LogP contribution < -0.4 is 5.32 Å². The minimum Gasteiger partial charge on any atom is -0.358 e. The Labute approximate surface area is 85.8 Å². The topological polar surface area (TPSA) is 12.0 Å². The Balaban J connectivity index is 2.62. The molecule has 0 aliphatic carbocycles. The van der Waals surface area contributed by atoms with Crippen LogP contribution in [-0.2, 0) is 5.41 Å². The van der Waals surface area contributed by atoms with Crippen molar-refractivity contribution < 1.29 is 0 Å². The molecular weight excluding hydrogens is 170 g/mol. The lowest BCUT2D eigenvalue weighted by Crippen LogP contribution is -2.18. The van der Waals surface area contributed by atoms with Crippen molar-refractivity contribution in [3.8, 4) is 0 Å². The Morgan fingerprint density at radius 2 is 1.79 bits per heavy atom. The van der Waals surface area contributed by atoms with Crippen LogP contribution in [0.2, 0.25) is 0 Å². The van der Waals surface area contributed by atoms with E-state index in [4.69, 9.17) is 0 Å². The van der Waals surface area contributed by atoms with Crippen molar-refractivity contribution in [1.29, 1.82) is 0 Å². The number of allylic oxidation sites excluding steroid dienone is 2. The van der Waals surface area contributed by atoms with Gasteiger partial charge in [0.15, 0.2) is 0 Å². The standard InChI is InChI=1S/C13H17N/c1-9(2)12-13(3,4)10-7-5-6-8-11(10)14-12/h5-8,14H,1-4H3. The van der Waals surface area contributed by atoms with Gasteiger partial charge in [-0.25, -0.2) is 0 Å². The maximum absolute atomic E-state index is 3.50. The van der Waals surface area contributed by atoms with Crippen molar-refractivity contribution in [1.82, 2.24) is 0 Å². The number of hydrogen-bond acceptors (Lipinski definition) is 1. The Bertz CT molecular complexity index is 395. The fourth-order valence-corrected chi connectivity index (χ4v) is 2.31. The highest BCUT2D eigenvalue weighted by Crippen LogP contribution is 2.43. The van der Waals surface area contributed by atoms with E-state index < -0.39 is 0 Å². The van der Waals surface area contributed by atoms with Gasteiger partial charge < -0.3 is 5.32 Å². The molecule has 0 radical (unpaired) electrons. The number of benzene rings is 1. The van der Waals surface area contributed by atoms with E-state index in [2.05, 4.69) is 57.3 Å². The van der Waals surface area contributed by atoms with Crippen molar-refractivity contribution >= 4 is 5.69 Å². The third kappa shape index (κ3) is 1.16. The van der Waals surface area contributed by atoms with Crippen LogP contribution in [0.5, 0.6) is 0 Å². The zero-order valence-electron chi connectivity index (χ0n) is 9.31.